The minimum atomic E-state index is -3.93. The van der Waals surface area contributed by atoms with Crippen molar-refractivity contribution in [3.8, 4) is 0 Å². The predicted molar refractivity (Wildman–Crippen MR) is 78.2 cm³/mol. The summed E-state index contributed by atoms with van der Waals surface area (Å²) < 4.78 is 44.6. The Balaban J connectivity index is 3.27. The molecule has 0 bridgehead atoms. The maximum Gasteiger partial charge on any atom is 0.243 e. The fourth-order valence-electron chi connectivity index (χ4n) is 1.68. The zero-order valence-electron chi connectivity index (χ0n) is 11.6. The van der Waals surface area contributed by atoms with E-state index in [1.165, 1.54) is 13.2 Å². The lowest BCUT2D eigenvalue weighted by atomic mass is 10.2. The molecule has 0 saturated carbocycles. The monoisotopic (exact) mass is 337 g/mol. The standard InChI is InChI=1S/C13H17ClFNO4S/c1-3-4-16(5-6-20-2)21(18,19)11-7-10(9-17)13(14)12(15)8-11/h3,7-8,17H,1,4-6,9H2,2H3. The van der Waals surface area contributed by atoms with Gasteiger partial charge in [0.05, 0.1) is 23.1 Å². The maximum absolute atomic E-state index is 13.7. The van der Waals surface area contributed by atoms with Crippen LogP contribution in [-0.2, 0) is 21.4 Å². The third-order valence-corrected chi connectivity index (χ3v) is 5.03. The molecule has 0 aliphatic heterocycles. The van der Waals surface area contributed by atoms with E-state index in [2.05, 4.69) is 6.58 Å². The molecule has 0 amide bonds. The summed E-state index contributed by atoms with van der Waals surface area (Å²) in [5, 5.41) is 8.83. The molecule has 1 aromatic rings. The molecule has 0 aliphatic carbocycles. The Morgan fingerprint density at radius 3 is 2.71 bits per heavy atom. The van der Waals surface area contributed by atoms with Gasteiger partial charge in [-0.25, -0.2) is 12.8 Å². The first kappa shape index (κ1) is 18.1. The summed E-state index contributed by atoms with van der Waals surface area (Å²) in [6, 6.07) is 1.99. The van der Waals surface area contributed by atoms with E-state index in [-0.39, 0.29) is 35.2 Å². The number of aliphatic hydroxyl groups excluding tert-OH is 1. The molecule has 0 atom stereocenters. The lowest BCUT2D eigenvalue weighted by molar-refractivity contribution is 0.182. The third kappa shape index (κ3) is 4.24. The molecule has 0 aliphatic rings. The van der Waals surface area contributed by atoms with Gasteiger partial charge in [0.15, 0.2) is 0 Å². The van der Waals surface area contributed by atoms with Gasteiger partial charge >= 0.3 is 0 Å². The number of ether oxygens (including phenoxy) is 1. The Morgan fingerprint density at radius 1 is 1.52 bits per heavy atom. The molecule has 118 valence electrons. The van der Waals surface area contributed by atoms with Gasteiger partial charge in [-0.05, 0) is 12.1 Å². The molecule has 0 saturated heterocycles. The molecule has 21 heavy (non-hydrogen) atoms. The quantitative estimate of drug-likeness (QED) is 0.734. The van der Waals surface area contributed by atoms with Gasteiger partial charge in [-0.15, -0.1) is 6.58 Å². The lowest BCUT2D eigenvalue weighted by Gasteiger charge is -2.21. The summed E-state index contributed by atoms with van der Waals surface area (Å²) in [5.41, 5.74) is 0.0144. The number of hydrogen-bond donors (Lipinski definition) is 1. The minimum absolute atomic E-state index is 0.0144. The summed E-state index contributed by atoms with van der Waals surface area (Å²) in [6.07, 6.45) is 1.42. The van der Waals surface area contributed by atoms with Crippen molar-refractivity contribution in [1.29, 1.82) is 0 Å². The Labute approximate surface area is 128 Å². The van der Waals surface area contributed by atoms with Crippen molar-refractivity contribution < 1.29 is 22.7 Å². The van der Waals surface area contributed by atoms with Gasteiger partial charge in [-0.1, -0.05) is 17.7 Å². The van der Waals surface area contributed by atoms with Crippen LogP contribution in [0.2, 0.25) is 5.02 Å². The van der Waals surface area contributed by atoms with Gasteiger partial charge in [0.1, 0.15) is 5.82 Å². The highest BCUT2D eigenvalue weighted by Gasteiger charge is 2.25. The third-order valence-electron chi connectivity index (χ3n) is 2.76. The van der Waals surface area contributed by atoms with Gasteiger partial charge in [-0.2, -0.15) is 4.31 Å². The molecule has 1 aromatic carbocycles. The molecular weight excluding hydrogens is 321 g/mol. The van der Waals surface area contributed by atoms with E-state index in [1.807, 2.05) is 0 Å². The summed E-state index contributed by atoms with van der Waals surface area (Å²) in [6.45, 7) is 3.29. The van der Waals surface area contributed by atoms with E-state index in [4.69, 9.17) is 21.4 Å². The number of benzene rings is 1. The molecule has 1 N–H and O–H groups in total. The number of sulfonamides is 1. The Morgan fingerprint density at radius 2 is 2.19 bits per heavy atom. The van der Waals surface area contributed by atoms with Crippen LogP contribution in [0.3, 0.4) is 0 Å². The number of nitrogens with zero attached hydrogens (tertiary/aromatic N) is 1. The van der Waals surface area contributed by atoms with Crippen LogP contribution < -0.4 is 0 Å². The fourth-order valence-corrected chi connectivity index (χ4v) is 3.31. The van der Waals surface area contributed by atoms with Crippen LogP contribution >= 0.6 is 11.6 Å². The van der Waals surface area contributed by atoms with Gasteiger partial charge in [0.2, 0.25) is 10.0 Å². The van der Waals surface area contributed by atoms with E-state index in [0.717, 1.165) is 16.4 Å². The number of halogens is 2. The smallest absolute Gasteiger partial charge is 0.243 e. The second-order valence-electron chi connectivity index (χ2n) is 4.18. The predicted octanol–water partition coefficient (Wildman–Crippen LogP) is 1.79. The Hall–Kier alpha value is -0.990. The first-order valence-corrected chi connectivity index (χ1v) is 7.89. The zero-order chi connectivity index (χ0) is 16.0. The van der Waals surface area contributed by atoms with E-state index < -0.39 is 22.4 Å². The summed E-state index contributed by atoms with van der Waals surface area (Å²) in [5.74, 6) is -0.896. The molecule has 0 radical (unpaired) electrons. The van der Waals surface area contributed by atoms with Crippen LogP contribution in [0, 0.1) is 5.82 Å². The van der Waals surface area contributed by atoms with Crippen LogP contribution in [0.4, 0.5) is 4.39 Å². The highest BCUT2D eigenvalue weighted by atomic mass is 35.5. The van der Waals surface area contributed by atoms with Gasteiger partial charge in [0, 0.05) is 25.8 Å². The van der Waals surface area contributed by atoms with Crippen molar-refractivity contribution in [2.45, 2.75) is 11.5 Å². The molecule has 0 unspecified atom stereocenters. The number of rotatable bonds is 8. The Kier molecular flexibility index (Phi) is 6.76. The average Bonchev–Trinajstić information content (AvgIpc) is 2.45. The molecule has 1 rings (SSSR count). The molecule has 0 fully saturated rings. The van der Waals surface area contributed by atoms with Crippen molar-refractivity contribution in [2.75, 3.05) is 26.8 Å². The van der Waals surface area contributed by atoms with Crippen molar-refractivity contribution in [3.63, 3.8) is 0 Å². The van der Waals surface area contributed by atoms with Crippen molar-refractivity contribution >= 4 is 21.6 Å². The number of aliphatic hydroxyl groups is 1. The maximum atomic E-state index is 13.7. The van der Waals surface area contributed by atoms with E-state index in [9.17, 15) is 12.8 Å². The fraction of sp³-hybridized carbons (Fsp3) is 0.385. The lowest BCUT2D eigenvalue weighted by Crippen LogP contribution is -2.34. The molecule has 0 heterocycles. The minimum Gasteiger partial charge on any atom is -0.392 e. The van der Waals surface area contributed by atoms with E-state index in [1.54, 1.807) is 0 Å². The number of hydrogen-bond acceptors (Lipinski definition) is 4. The largest absolute Gasteiger partial charge is 0.392 e. The molecule has 8 heteroatoms. The van der Waals surface area contributed by atoms with Gasteiger partial charge < -0.3 is 9.84 Å². The van der Waals surface area contributed by atoms with Crippen LogP contribution in [0.15, 0.2) is 29.7 Å². The van der Waals surface area contributed by atoms with Crippen LogP contribution in [-0.4, -0.2) is 44.6 Å². The molecule has 5 nitrogen and oxygen atoms in total. The first-order chi connectivity index (χ1) is 9.88. The van der Waals surface area contributed by atoms with E-state index >= 15 is 0 Å². The van der Waals surface area contributed by atoms with Crippen molar-refractivity contribution in [3.05, 3.63) is 41.2 Å². The second-order valence-corrected chi connectivity index (χ2v) is 6.50. The van der Waals surface area contributed by atoms with Crippen LogP contribution in [0.25, 0.3) is 0 Å². The first-order valence-electron chi connectivity index (χ1n) is 6.07. The van der Waals surface area contributed by atoms with Crippen molar-refractivity contribution in [2.24, 2.45) is 0 Å². The SMILES string of the molecule is C=CCN(CCOC)S(=O)(=O)c1cc(F)c(Cl)c(CO)c1. The summed E-state index contributed by atoms with van der Waals surface area (Å²) in [4.78, 5) is -0.272. The van der Waals surface area contributed by atoms with Crippen molar-refractivity contribution in [1.82, 2.24) is 4.31 Å². The topological polar surface area (TPSA) is 66.8 Å². The summed E-state index contributed by atoms with van der Waals surface area (Å²) in [7, 11) is -2.49. The highest BCUT2D eigenvalue weighted by molar-refractivity contribution is 7.89. The van der Waals surface area contributed by atoms with Gasteiger partial charge in [-0.3, -0.25) is 0 Å². The van der Waals surface area contributed by atoms with Crippen LogP contribution in [0.5, 0.6) is 0 Å². The molecular formula is C13H17ClFNO4S. The van der Waals surface area contributed by atoms with E-state index in [0.29, 0.717) is 0 Å². The van der Waals surface area contributed by atoms with Gasteiger partial charge in [0.25, 0.3) is 0 Å². The van der Waals surface area contributed by atoms with Crippen LogP contribution in [0.1, 0.15) is 5.56 Å². The molecule has 0 aromatic heterocycles. The molecule has 0 spiro atoms. The second kappa shape index (κ2) is 7.86. The summed E-state index contributed by atoms with van der Waals surface area (Å²) >= 11 is 5.66. The Bertz CT molecular complexity index is 606. The normalized spacial score (nSPS) is 11.9. The average molecular weight is 338 g/mol. The highest BCUT2D eigenvalue weighted by Crippen LogP contribution is 2.26. The zero-order valence-corrected chi connectivity index (χ0v) is 13.1. The number of methoxy groups -OCH3 is 1.